The molecule has 182 valence electrons. The van der Waals surface area contributed by atoms with Crippen molar-refractivity contribution >= 4 is 0 Å². The molecule has 0 heterocycles. The summed E-state index contributed by atoms with van der Waals surface area (Å²) in [6.45, 7) is 17.5. The van der Waals surface area contributed by atoms with Gasteiger partial charge in [-0.2, -0.15) is 0 Å². The lowest BCUT2D eigenvalue weighted by Gasteiger charge is -2.23. The van der Waals surface area contributed by atoms with Crippen molar-refractivity contribution in [1.29, 1.82) is 0 Å². The minimum Gasteiger partial charge on any atom is -0.493 e. The second-order valence-corrected chi connectivity index (χ2v) is 9.39. The van der Waals surface area contributed by atoms with Crippen LogP contribution in [-0.2, 0) is 11.3 Å². The van der Waals surface area contributed by atoms with Gasteiger partial charge >= 0.3 is 0 Å². The Morgan fingerprint density at radius 3 is 2.03 bits per heavy atom. The maximum Gasteiger partial charge on any atom is 0.113 e. The summed E-state index contributed by atoms with van der Waals surface area (Å²) < 4.78 is 6.00. The number of allylic oxidation sites excluding steroid dienone is 10. The zero-order chi connectivity index (χ0) is 24.6. The third kappa shape index (κ3) is 11.9. The topological polar surface area (TPSA) is 9.23 Å². The van der Waals surface area contributed by atoms with E-state index in [1.165, 1.54) is 53.5 Å². The van der Waals surface area contributed by atoms with Crippen molar-refractivity contribution in [1.82, 2.24) is 0 Å². The van der Waals surface area contributed by atoms with E-state index in [4.69, 9.17) is 4.74 Å². The monoisotopic (exact) mass is 448 g/mol. The first kappa shape index (κ1) is 28.8. The third-order valence-corrected chi connectivity index (χ3v) is 5.86. The molecular weight excluding hydrogens is 400 g/mol. The van der Waals surface area contributed by atoms with Crippen LogP contribution in [0.4, 0.5) is 0 Å². The molecule has 2 unspecified atom stereocenters. The molecule has 0 bridgehead atoms. The van der Waals surface area contributed by atoms with Crippen molar-refractivity contribution in [3.05, 3.63) is 94.3 Å². The molecule has 1 heteroatoms. The first-order valence-corrected chi connectivity index (χ1v) is 12.9. The Morgan fingerprint density at radius 2 is 1.48 bits per heavy atom. The highest BCUT2D eigenvalue weighted by Gasteiger charge is 2.17. The molecule has 33 heavy (non-hydrogen) atoms. The number of hydrogen-bond donors (Lipinski definition) is 0. The van der Waals surface area contributed by atoms with Gasteiger partial charge in [0.15, 0.2) is 0 Å². The van der Waals surface area contributed by atoms with Gasteiger partial charge < -0.3 is 4.74 Å². The van der Waals surface area contributed by atoms with Gasteiger partial charge in [0.25, 0.3) is 0 Å². The van der Waals surface area contributed by atoms with Crippen LogP contribution in [0.15, 0.2) is 83.2 Å². The van der Waals surface area contributed by atoms with Crippen LogP contribution in [0.1, 0.15) is 105 Å². The van der Waals surface area contributed by atoms with Crippen molar-refractivity contribution in [3.63, 3.8) is 0 Å². The molecule has 0 spiro atoms. The Kier molecular flexibility index (Phi) is 14.2. The highest BCUT2D eigenvalue weighted by molar-refractivity contribution is 5.29. The van der Waals surface area contributed by atoms with E-state index in [1.54, 1.807) is 0 Å². The third-order valence-electron chi connectivity index (χ3n) is 5.86. The molecule has 1 aliphatic carbocycles. The van der Waals surface area contributed by atoms with Crippen molar-refractivity contribution in [3.8, 4) is 0 Å². The molecule has 0 saturated heterocycles. The maximum absolute atomic E-state index is 6.00. The molecule has 1 aliphatic rings. The molecule has 0 aromatic heterocycles. The zero-order valence-electron chi connectivity index (χ0n) is 22.6. The summed E-state index contributed by atoms with van der Waals surface area (Å²) in [5, 5.41) is 0. The molecule has 0 fully saturated rings. The molecule has 0 saturated carbocycles. The number of rotatable bonds is 10. The van der Waals surface area contributed by atoms with Crippen LogP contribution in [0, 0.1) is 5.92 Å². The fraction of sp³-hybridized carbons (Fsp3) is 0.500. The van der Waals surface area contributed by atoms with Gasteiger partial charge in [-0.25, -0.2) is 0 Å². The lowest BCUT2D eigenvalue weighted by Crippen LogP contribution is -2.08. The number of ether oxygens (including phenoxy) is 1. The van der Waals surface area contributed by atoms with Crippen molar-refractivity contribution in [2.45, 2.75) is 100 Å². The fourth-order valence-corrected chi connectivity index (χ4v) is 3.77. The van der Waals surface area contributed by atoms with Crippen LogP contribution >= 0.6 is 0 Å². The van der Waals surface area contributed by atoms with Crippen molar-refractivity contribution in [2.24, 2.45) is 5.92 Å². The van der Waals surface area contributed by atoms with Gasteiger partial charge in [0.05, 0.1) is 5.76 Å². The van der Waals surface area contributed by atoms with Crippen LogP contribution < -0.4 is 0 Å². The Morgan fingerprint density at radius 1 is 0.848 bits per heavy atom. The molecule has 0 amide bonds. The number of hydrogen-bond acceptors (Lipinski definition) is 1. The van der Waals surface area contributed by atoms with Crippen LogP contribution in [0.5, 0.6) is 0 Å². The number of benzene rings is 1. The smallest absolute Gasteiger partial charge is 0.113 e. The summed E-state index contributed by atoms with van der Waals surface area (Å²) in [5.74, 6) is 2.31. The molecule has 1 aromatic carbocycles. The largest absolute Gasteiger partial charge is 0.493 e. The SMILES string of the molecule is CC.CC/C(=C\C=C(C)C)OCc1ccc(C2C=CC(CC/C(C)=C/C=C(C)C)CC2)cc1. The van der Waals surface area contributed by atoms with Gasteiger partial charge in [-0.3, -0.25) is 0 Å². The predicted octanol–water partition coefficient (Wildman–Crippen LogP) is 10.2. The molecule has 0 N–H and O–H groups in total. The summed E-state index contributed by atoms with van der Waals surface area (Å²) in [4.78, 5) is 0. The first-order chi connectivity index (χ1) is 15.9. The highest BCUT2D eigenvalue weighted by atomic mass is 16.5. The van der Waals surface area contributed by atoms with Crippen molar-refractivity contribution in [2.75, 3.05) is 0 Å². The van der Waals surface area contributed by atoms with E-state index in [9.17, 15) is 0 Å². The van der Waals surface area contributed by atoms with Gasteiger partial charge in [-0.1, -0.05) is 92.1 Å². The summed E-state index contributed by atoms with van der Waals surface area (Å²) in [6.07, 6.45) is 19.5. The molecule has 1 aromatic rings. The van der Waals surface area contributed by atoms with Gasteiger partial charge in [0.1, 0.15) is 6.61 Å². The summed E-state index contributed by atoms with van der Waals surface area (Å²) in [7, 11) is 0. The van der Waals surface area contributed by atoms with Gasteiger partial charge in [0, 0.05) is 12.3 Å². The maximum atomic E-state index is 6.00. The average Bonchev–Trinajstić information content (AvgIpc) is 2.83. The molecule has 2 rings (SSSR count). The lowest BCUT2D eigenvalue weighted by atomic mass is 9.82. The van der Waals surface area contributed by atoms with Crippen LogP contribution in [0.25, 0.3) is 0 Å². The Labute approximate surface area is 205 Å². The molecule has 1 nitrogen and oxygen atoms in total. The van der Waals surface area contributed by atoms with Crippen LogP contribution in [-0.4, -0.2) is 0 Å². The molecular formula is C32H48O. The van der Waals surface area contributed by atoms with E-state index < -0.39 is 0 Å². The van der Waals surface area contributed by atoms with Crippen LogP contribution in [0.3, 0.4) is 0 Å². The van der Waals surface area contributed by atoms with E-state index in [-0.39, 0.29) is 0 Å². The van der Waals surface area contributed by atoms with E-state index >= 15 is 0 Å². The Balaban J connectivity index is 0.00000265. The van der Waals surface area contributed by atoms with E-state index in [1.807, 2.05) is 13.8 Å². The Hall–Kier alpha value is -2.28. The summed E-state index contributed by atoms with van der Waals surface area (Å²) in [6, 6.07) is 9.01. The predicted molar refractivity (Wildman–Crippen MR) is 147 cm³/mol. The van der Waals surface area contributed by atoms with Gasteiger partial charge in [-0.05, 0) is 83.4 Å². The van der Waals surface area contributed by atoms with Gasteiger partial charge in [-0.15, -0.1) is 0 Å². The normalized spacial score (nSPS) is 18.2. The summed E-state index contributed by atoms with van der Waals surface area (Å²) in [5.41, 5.74) is 6.79. The van der Waals surface area contributed by atoms with Gasteiger partial charge in [0.2, 0.25) is 0 Å². The second kappa shape index (κ2) is 16.4. The lowest BCUT2D eigenvalue weighted by molar-refractivity contribution is 0.191. The van der Waals surface area contributed by atoms with Crippen molar-refractivity contribution < 1.29 is 4.74 Å². The average molecular weight is 449 g/mol. The summed E-state index contributed by atoms with van der Waals surface area (Å²) >= 11 is 0. The zero-order valence-corrected chi connectivity index (χ0v) is 22.6. The Bertz CT molecular complexity index is 822. The molecule has 2 atom stereocenters. The second-order valence-electron chi connectivity index (χ2n) is 9.39. The fourth-order valence-electron chi connectivity index (χ4n) is 3.77. The highest BCUT2D eigenvalue weighted by Crippen LogP contribution is 2.33. The van der Waals surface area contributed by atoms with E-state index in [2.05, 4.69) is 102 Å². The standard InChI is InChI=1S/C30H42O.C2H6/c1-7-30(21-9-24(4)5)31-22-27-15-19-29(20-16-27)28-17-13-26(14-18-28)12-11-25(6)10-8-23(2)3;1-2/h8-10,13,15-17,19-21,26,28H,7,11-12,14,18,22H2,1-6H3;1-2H3/b25-10+,30-21+;. The quantitative estimate of drug-likeness (QED) is 0.196. The van der Waals surface area contributed by atoms with E-state index in [0.717, 1.165) is 18.1 Å². The molecule has 0 radical (unpaired) electrons. The first-order valence-electron chi connectivity index (χ1n) is 12.9. The van der Waals surface area contributed by atoms with Crippen LogP contribution in [0.2, 0.25) is 0 Å². The molecule has 0 aliphatic heterocycles. The minimum absolute atomic E-state index is 0.553. The minimum atomic E-state index is 0.553. The van der Waals surface area contributed by atoms with E-state index in [0.29, 0.717) is 12.5 Å².